The van der Waals surface area contributed by atoms with Crippen molar-refractivity contribution in [2.45, 2.75) is 6.04 Å². The largest absolute Gasteiger partial charge is 0.309 e. The Kier molecular flexibility index (Phi) is 4.17. The number of nitrogens with zero attached hydrogens (tertiary/aromatic N) is 1. The smallest absolute Gasteiger partial charge is 0.124 e. The second-order valence-corrected chi connectivity index (χ2v) is 5.99. The van der Waals surface area contributed by atoms with Gasteiger partial charge in [0.2, 0.25) is 0 Å². The number of halogens is 2. The highest BCUT2D eigenvalue weighted by Gasteiger charge is 2.17. The molecule has 0 radical (unpaired) electrons. The van der Waals surface area contributed by atoms with E-state index in [9.17, 15) is 4.39 Å². The van der Waals surface area contributed by atoms with Crippen LogP contribution in [0, 0.1) is 9.39 Å². The summed E-state index contributed by atoms with van der Waals surface area (Å²) in [4.78, 5) is 4.17. The molecular formula is C17H14FIN2. The lowest BCUT2D eigenvalue weighted by molar-refractivity contribution is 0.622. The standard InChI is InChI=1S/C17H14FIN2/c1-20-17(15-6-5-12(18)9-16(15)19)14-4-2-3-11-10-21-8-7-13(11)14/h2-10,17,20H,1H3. The average Bonchev–Trinajstić information content (AvgIpc) is 2.50. The van der Waals surface area contributed by atoms with Crippen molar-refractivity contribution in [3.05, 3.63) is 75.4 Å². The zero-order valence-corrected chi connectivity index (χ0v) is 13.6. The second kappa shape index (κ2) is 6.07. The lowest BCUT2D eigenvalue weighted by Crippen LogP contribution is -2.19. The number of aromatic nitrogens is 1. The first-order chi connectivity index (χ1) is 10.2. The number of pyridine rings is 1. The summed E-state index contributed by atoms with van der Waals surface area (Å²) >= 11 is 2.18. The van der Waals surface area contributed by atoms with Gasteiger partial charge in [0.05, 0.1) is 6.04 Å². The summed E-state index contributed by atoms with van der Waals surface area (Å²) in [5, 5.41) is 5.60. The molecule has 106 valence electrons. The fraction of sp³-hybridized carbons (Fsp3) is 0.118. The molecular weight excluding hydrogens is 378 g/mol. The van der Waals surface area contributed by atoms with Gasteiger partial charge in [0.15, 0.2) is 0 Å². The molecule has 0 bridgehead atoms. The third-order valence-corrected chi connectivity index (χ3v) is 4.52. The Balaban J connectivity index is 2.18. The zero-order valence-electron chi connectivity index (χ0n) is 11.5. The van der Waals surface area contributed by atoms with E-state index in [-0.39, 0.29) is 11.9 Å². The topological polar surface area (TPSA) is 24.9 Å². The van der Waals surface area contributed by atoms with Crippen LogP contribution in [0.3, 0.4) is 0 Å². The molecule has 1 atom stereocenters. The van der Waals surface area contributed by atoms with Crippen LogP contribution in [0.1, 0.15) is 17.2 Å². The molecule has 4 heteroatoms. The lowest BCUT2D eigenvalue weighted by Gasteiger charge is -2.20. The van der Waals surface area contributed by atoms with Crippen LogP contribution in [0.4, 0.5) is 4.39 Å². The molecule has 0 aliphatic carbocycles. The van der Waals surface area contributed by atoms with Gasteiger partial charge in [0.1, 0.15) is 5.82 Å². The summed E-state index contributed by atoms with van der Waals surface area (Å²) in [5.74, 6) is -0.208. The van der Waals surface area contributed by atoms with Gasteiger partial charge in [-0.3, -0.25) is 4.98 Å². The van der Waals surface area contributed by atoms with Gasteiger partial charge in [-0.1, -0.05) is 24.3 Å². The summed E-state index contributed by atoms with van der Waals surface area (Å²) in [6, 6.07) is 13.1. The Morgan fingerprint density at radius 3 is 2.76 bits per heavy atom. The average molecular weight is 392 g/mol. The first kappa shape index (κ1) is 14.4. The van der Waals surface area contributed by atoms with Gasteiger partial charge in [0.25, 0.3) is 0 Å². The predicted octanol–water partition coefficient (Wildman–Crippen LogP) is 4.29. The van der Waals surface area contributed by atoms with Crippen molar-refractivity contribution in [1.82, 2.24) is 10.3 Å². The van der Waals surface area contributed by atoms with Crippen LogP contribution in [0.25, 0.3) is 10.8 Å². The first-order valence-corrected chi connectivity index (χ1v) is 7.73. The molecule has 0 amide bonds. The monoisotopic (exact) mass is 392 g/mol. The van der Waals surface area contributed by atoms with Crippen LogP contribution < -0.4 is 5.32 Å². The minimum absolute atomic E-state index is 0.0172. The zero-order chi connectivity index (χ0) is 14.8. The van der Waals surface area contributed by atoms with Crippen molar-refractivity contribution in [1.29, 1.82) is 0 Å². The number of hydrogen-bond donors (Lipinski definition) is 1. The second-order valence-electron chi connectivity index (χ2n) is 4.83. The van der Waals surface area contributed by atoms with Crippen LogP contribution in [0.2, 0.25) is 0 Å². The predicted molar refractivity (Wildman–Crippen MR) is 91.8 cm³/mol. The number of nitrogens with one attached hydrogen (secondary N) is 1. The number of rotatable bonds is 3. The Morgan fingerprint density at radius 2 is 2.00 bits per heavy atom. The molecule has 0 saturated heterocycles. The Labute approximate surface area is 136 Å². The van der Waals surface area contributed by atoms with Gasteiger partial charge < -0.3 is 5.32 Å². The summed E-state index contributed by atoms with van der Waals surface area (Å²) < 4.78 is 14.3. The fourth-order valence-corrected chi connectivity index (χ4v) is 3.40. The summed E-state index contributed by atoms with van der Waals surface area (Å²) in [7, 11) is 1.92. The fourth-order valence-electron chi connectivity index (χ4n) is 2.61. The van der Waals surface area contributed by atoms with Gasteiger partial charge in [-0.25, -0.2) is 4.39 Å². The van der Waals surface area contributed by atoms with E-state index >= 15 is 0 Å². The van der Waals surface area contributed by atoms with Gasteiger partial charge >= 0.3 is 0 Å². The Bertz CT molecular complexity index is 783. The number of hydrogen-bond acceptors (Lipinski definition) is 2. The molecule has 0 aliphatic rings. The van der Waals surface area contributed by atoms with Gasteiger partial charge in [-0.05, 0) is 64.4 Å². The minimum Gasteiger partial charge on any atom is -0.309 e. The van der Waals surface area contributed by atoms with E-state index in [1.807, 2.05) is 37.5 Å². The maximum atomic E-state index is 13.3. The molecule has 3 aromatic rings. The lowest BCUT2D eigenvalue weighted by atomic mass is 9.94. The summed E-state index contributed by atoms with van der Waals surface area (Å²) in [6.07, 6.45) is 3.66. The van der Waals surface area contributed by atoms with Crippen molar-refractivity contribution in [2.75, 3.05) is 7.05 Å². The maximum Gasteiger partial charge on any atom is 0.124 e. The van der Waals surface area contributed by atoms with Crippen molar-refractivity contribution < 1.29 is 4.39 Å². The normalized spacial score (nSPS) is 12.5. The van der Waals surface area contributed by atoms with E-state index in [1.54, 1.807) is 12.3 Å². The van der Waals surface area contributed by atoms with Gasteiger partial charge in [-0.15, -0.1) is 0 Å². The molecule has 2 nitrogen and oxygen atoms in total. The van der Waals surface area contributed by atoms with Crippen LogP contribution in [0.5, 0.6) is 0 Å². The van der Waals surface area contributed by atoms with Crippen LogP contribution >= 0.6 is 22.6 Å². The van der Waals surface area contributed by atoms with E-state index in [0.29, 0.717) is 0 Å². The number of fused-ring (bicyclic) bond motifs is 1. The minimum atomic E-state index is -0.208. The van der Waals surface area contributed by atoms with E-state index in [2.05, 4.69) is 39.0 Å². The molecule has 1 N–H and O–H groups in total. The Hall–Kier alpha value is -1.53. The summed E-state index contributed by atoms with van der Waals surface area (Å²) in [6.45, 7) is 0. The first-order valence-electron chi connectivity index (χ1n) is 6.65. The van der Waals surface area contributed by atoms with Crippen LogP contribution in [-0.4, -0.2) is 12.0 Å². The molecule has 1 aromatic heterocycles. The molecule has 21 heavy (non-hydrogen) atoms. The maximum absolute atomic E-state index is 13.3. The third-order valence-electron chi connectivity index (χ3n) is 3.59. The quantitative estimate of drug-likeness (QED) is 0.673. The van der Waals surface area contributed by atoms with E-state index in [0.717, 1.165) is 19.9 Å². The Morgan fingerprint density at radius 1 is 1.14 bits per heavy atom. The van der Waals surface area contributed by atoms with Gasteiger partial charge in [-0.2, -0.15) is 0 Å². The van der Waals surface area contributed by atoms with Crippen molar-refractivity contribution in [3.8, 4) is 0 Å². The van der Waals surface area contributed by atoms with Crippen LogP contribution in [0.15, 0.2) is 54.9 Å². The molecule has 0 spiro atoms. The van der Waals surface area contributed by atoms with Crippen molar-refractivity contribution >= 4 is 33.4 Å². The SMILES string of the molecule is CNC(c1ccc(F)cc1I)c1cccc2cnccc12. The van der Waals surface area contributed by atoms with Gasteiger partial charge in [0, 0.05) is 21.4 Å². The molecule has 0 aliphatic heterocycles. The highest BCUT2D eigenvalue weighted by Crippen LogP contribution is 2.31. The molecule has 0 fully saturated rings. The highest BCUT2D eigenvalue weighted by atomic mass is 127. The summed E-state index contributed by atoms with van der Waals surface area (Å²) in [5.41, 5.74) is 2.24. The number of benzene rings is 2. The molecule has 1 heterocycles. The molecule has 1 unspecified atom stereocenters. The van der Waals surface area contributed by atoms with E-state index in [1.165, 1.54) is 11.6 Å². The van der Waals surface area contributed by atoms with E-state index in [4.69, 9.17) is 0 Å². The third kappa shape index (κ3) is 2.78. The molecule has 3 rings (SSSR count). The van der Waals surface area contributed by atoms with Crippen molar-refractivity contribution in [3.63, 3.8) is 0 Å². The van der Waals surface area contributed by atoms with E-state index < -0.39 is 0 Å². The highest BCUT2D eigenvalue weighted by molar-refractivity contribution is 14.1. The van der Waals surface area contributed by atoms with Crippen LogP contribution in [-0.2, 0) is 0 Å². The molecule has 2 aromatic carbocycles. The molecule has 0 saturated carbocycles. The van der Waals surface area contributed by atoms with Crippen molar-refractivity contribution in [2.24, 2.45) is 0 Å².